The molecule has 0 fully saturated rings. The van der Waals surface area contributed by atoms with E-state index in [0.29, 0.717) is 25.3 Å². The Bertz CT molecular complexity index is 936. The Labute approximate surface area is 192 Å². The van der Waals surface area contributed by atoms with Gasteiger partial charge in [0, 0.05) is 31.6 Å². The molecule has 0 N–H and O–H groups in total. The molecule has 7 heteroatoms. The second kappa shape index (κ2) is 11.8. The summed E-state index contributed by atoms with van der Waals surface area (Å²) < 4.78 is 26.6. The molecule has 0 unspecified atom stereocenters. The van der Waals surface area contributed by atoms with E-state index in [0.717, 1.165) is 42.1 Å². The van der Waals surface area contributed by atoms with Gasteiger partial charge in [0.2, 0.25) is 0 Å². The summed E-state index contributed by atoms with van der Waals surface area (Å²) in [7, 11) is 0. The monoisotopic (exact) mass is 457 g/mol. The smallest absolute Gasteiger partial charge is 0.273 e. The van der Waals surface area contributed by atoms with Crippen molar-refractivity contribution in [3.63, 3.8) is 0 Å². The zero-order valence-corrected chi connectivity index (χ0v) is 19.4. The Balaban J connectivity index is 1.75. The molecule has 0 spiro atoms. The van der Waals surface area contributed by atoms with Gasteiger partial charge in [-0.15, -0.1) is 11.3 Å². The first-order valence-corrected chi connectivity index (χ1v) is 11.8. The molecule has 0 aliphatic rings. The second-order valence-corrected chi connectivity index (χ2v) is 8.76. The summed E-state index contributed by atoms with van der Waals surface area (Å²) in [5, 5.41) is 2.66. The number of amides is 1. The van der Waals surface area contributed by atoms with Crippen molar-refractivity contribution in [3.05, 3.63) is 87.4 Å². The third-order valence-electron chi connectivity index (χ3n) is 5.04. The van der Waals surface area contributed by atoms with Gasteiger partial charge in [-0.25, -0.2) is 13.8 Å². The van der Waals surface area contributed by atoms with Crippen molar-refractivity contribution in [1.29, 1.82) is 0 Å². The third-order valence-corrected chi connectivity index (χ3v) is 5.88. The third kappa shape index (κ3) is 6.93. The molecule has 3 rings (SSSR count). The Hall–Kier alpha value is -2.64. The molecule has 0 aliphatic carbocycles. The van der Waals surface area contributed by atoms with Gasteiger partial charge in [-0.05, 0) is 48.2 Å². The normalized spacial score (nSPS) is 11.2. The molecule has 1 aromatic heterocycles. The molecule has 2 aromatic carbocycles. The Morgan fingerprint density at radius 3 is 1.81 bits per heavy atom. The number of benzene rings is 2. The lowest BCUT2D eigenvalue weighted by Crippen LogP contribution is -2.32. The van der Waals surface area contributed by atoms with E-state index in [1.54, 1.807) is 24.3 Å². The summed E-state index contributed by atoms with van der Waals surface area (Å²) in [5.74, 6) is -0.573. The zero-order valence-electron chi connectivity index (χ0n) is 18.6. The molecule has 4 nitrogen and oxygen atoms in total. The van der Waals surface area contributed by atoms with Crippen molar-refractivity contribution in [1.82, 2.24) is 14.8 Å². The van der Waals surface area contributed by atoms with Crippen molar-refractivity contribution < 1.29 is 13.6 Å². The number of aromatic nitrogens is 1. The van der Waals surface area contributed by atoms with Crippen molar-refractivity contribution in [3.8, 4) is 0 Å². The lowest BCUT2D eigenvalue weighted by atomic mass is 10.1. The Kier molecular flexibility index (Phi) is 8.88. The van der Waals surface area contributed by atoms with Crippen molar-refractivity contribution in [2.24, 2.45) is 0 Å². The minimum Gasteiger partial charge on any atom is -0.337 e. The average Bonchev–Trinajstić information content (AvgIpc) is 3.24. The van der Waals surface area contributed by atoms with E-state index >= 15 is 0 Å². The fourth-order valence-corrected chi connectivity index (χ4v) is 4.36. The van der Waals surface area contributed by atoms with Crippen LogP contribution in [0.4, 0.5) is 8.78 Å². The summed E-state index contributed by atoms with van der Waals surface area (Å²) >= 11 is 1.47. The summed E-state index contributed by atoms with van der Waals surface area (Å²) in [6, 6.07) is 12.8. The second-order valence-electron chi connectivity index (χ2n) is 7.82. The summed E-state index contributed by atoms with van der Waals surface area (Å²) in [6.07, 6.45) is 1.82. The van der Waals surface area contributed by atoms with Gasteiger partial charge in [-0.3, -0.25) is 9.69 Å². The van der Waals surface area contributed by atoms with Crippen LogP contribution >= 0.6 is 11.3 Å². The van der Waals surface area contributed by atoms with Gasteiger partial charge >= 0.3 is 0 Å². The first-order chi connectivity index (χ1) is 15.5. The molecule has 0 saturated carbocycles. The van der Waals surface area contributed by atoms with E-state index in [2.05, 4.69) is 23.7 Å². The predicted molar refractivity (Wildman–Crippen MR) is 124 cm³/mol. The Morgan fingerprint density at radius 2 is 1.34 bits per heavy atom. The molecule has 32 heavy (non-hydrogen) atoms. The topological polar surface area (TPSA) is 36.4 Å². The van der Waals surface area contributed by atoms with Crippen molar-refractivity contribution in [2.75, 3.05) is 13.1 Å². The van der Waals surface area contributed by atoms with Gasteiger partial charge < -0.3 is 4.90 Å². The standard InChI is InChI=1S/C25H29F2N3OS/c1-3-13-30(14-4-2)25(31)23-18-32-24(28-23)17-29(15-19-5-9-21(26)10-6-19)16-20-7-11-22(27)12-8-20/h5-12,18H,3-4,13-17H2,1-2H3. The van der Waals surface area contributed by atoms with E-state index in [-0.39, 0.29) is 17.5 Å². The van der Waals surface area contributed by atoms with Crippen LogP contribution < -0.4 is 0 Å². The lowest BCUT2D eigenvalue weighted by molar-refractivity contribution is 0.0750. The highest BCUT2D eigenvalue weighted by Gasteiger charge is 2.19. The van der Waals surface area contributed by atoms with Crippen LogP contribution in [0.2, 0.25) is 0 Å². The highest BCUT2D eigenvalue weighted by atomic mass is 32.1. The van der Waals surface area contributed by atoms with Gasteiger partial charge in [0.15, 0.2) is 0 Å². The fourth-order valence-electron chi connectivity index (χ4n) is 3.55. The van der Waals surface area contributed by atoms with Crippen molar-refractivity contribution >= 4 is 17.2 Å². The van der Waals surface area contributed by atoms with Crippen LogP contribution in [0.1, 0.15) is 53.3 Å². The molecule has 0 aliphatic heterocycles. The van der Waals surface area contributed by atoms with E-state index in [1.807, 2.05) is 10.3 Å². The minimum absolute atomic E-state index is 0.0279. The van der Waals surface area contributed by atoms with Crippen LogP contribution in [0.3, 0.4) is 0 Å². The minimum atomic E-state index is -0.273. The lowest BCUT2D eigenvalue weighted by Gasteiger charge is -2.22. The number of halogens is 2. The maximum absolute atomic E-state index is 13.3. The quantitative estimate of drug-likeness (QED) is 0.360. The molecule has 0 radical (unpaired) electrons. The summed E-state index contributed by atoms with van der Waals surface area (Å²) in [4.78, 5) is 21.5. The average molecular weight is 458 g/mol. The Morgan fingerprint density at radius 1 is 0.844 bits per heavy atom. The largest absolute Gasteiger partial charge is 0.337 e. The van der Waals surface area contributed by atoms with Gasteiger partial charge in [0.05, 0.1) is 6.54 Å². The summed E-state index contributed by atoms with van der Waals surface area (Å²) in [6.45, 7) is 7.27. The molecule has 1 heterocycles. The molecule has 170 valence electrons. The van der Waals surface area contributed by atoms with Gasteiger partial charge in [0.1, 0.15) is 22.3 Å². The van der Waals surface area contributed by atoms with Crippen molar-refractivity contribution in [2.45, 2.75) is 46.3 Å². The van der Waals surface area contributed by atoms with E-state index in [1.165, 1.54) is 35.6 Å². The summed E-state index contributed by atoms with van der Waals surface area (Å²) in [5.41, 5.74) is 2.42. The van der Waals surface area contributed by atoms with E-state index in [4.69, 9.17) is 0 Å². The first kappa shape index (κ1) is 24.0. The number of rotatable bonds is 11. The highest BCUT2D eigenvalue weighted by Crippen LogP contribution is 2.19. The van der Waals surface area contributed by atoms with E-state index in [9.17, 15) is 13.6 Å². The zero-order chi connectivity index (χ0) is 22.9. The van der Waals surface area contributed by atoms with Gasteiger partial charge in [0.25, 0.3) is 5.91 Å². The van der Waals surface area contributed by atoms with Crippen LogP contribution in [0.5, 0.6) is 0 Å². The fraction of sp³-hybridized carbons (Fsp3) is 0.360. The maximum Gasteiger partial charge on any atom is 0.273 e. The van der Waals surface area contributed by atoms with Crippen LogP contribution in [0, 0.1) is 11.6 Å². The number of nitrogens with zero attached hydrogens (tertiary/aromatic N) is 3. The molecular weight excluding hydrogens is 428 g/mol. The van der Waals surface area contributed by atoms with Crippen LogP contribution in [-0.4, -0.2) is 33.8 Å². The van der Waals surface area contributed by atoms with Crippen LogP contribution in [0.25, 0.3) is 0 Å². The van der Waals surface area contributed by atoms with Crippen LogP contribution in [0.15, 0.2) is 53.9 Å². The SMILES string of the molecule is CCCN(CCC)C(=O)c1csc(CN(Cc2ccc(F)cc2)Cc2ccc(F)cc2)n1. The number of carbonyl (C=O) groups excluding carboxylic acids is 1. The molecule has 0 atom stereocenters. The van der Waals surface area contributed by atoms with Gasteiger partial charge in [-0.1, -0.05) is 38.1 Å². The van der Waals surface area contributed by atoms with Crippen LogP contribution in [-0.2, 0) is 19.6 Å². The molecule has 0 bridgehead atoms. The number of carbonyl (C=O) groups is 1. The maximum atomic E-state index is 13.3. The molecule has 3 aromatic rings. The van der Waals surface area contributed by atoms with E-state index < -0.39 is 0 Å². The van der Waals surface area contributed by atoms with Gasteiger partial charge in [-0.2, -0.15) is 0 Å². The highest BCUT2D eigenvalue weighted by molar-refractivity contribution is 7.09. The predicted octanol–water partition coefficient (Wildman–Crippen LogP) is 5.89. The molecular formula is C25H29F2N3OS. The number of hydrogen-bond donors (Lipinski definition) is 0. The molecule has 1 amide bonds. The first-order valence-electron chi connectivity index (χ1n) is 10.9. The number of hydrogen-bond acceptors (Lipinski definition) is 4. The molecule has 0 saturated heterocycles. The number of thiazole rings is 1.